The maximum atomic E-state index is 6.12. The fraction of sp³-hybridized carbons (Fsp3) is 0.273. The molecular weight excluding hydrogens is 277 g/mol. The molecule has 1 heterocycles. The van der Waals surface area contributed by atoms with Crippen molar-refractivity contribution in [1.82, 2.24) is 9.59 Å². The van der Waals surface area contributed by atoms with E-state index in [4.69, 9.17) is 28.9 Å². The molecule has 0 aliphatic carbocycles. The topological polar surface area (TPSA) is 51.8 Å². The first kappa shape index (κ1) is 12.8. The minimum atomic E-state index is -0.147. The predicted octanol–water partition coefficient (Wildman–Crippen LogP) is 3.40. The number of benzene rings is 1. The molecule has 1 aromatic heterocycles. The third-order valence-electron chi connectivity index (χ3n) is 2.47. The third-order valence-corrected chi connectivity index (χ3v) is 4.03. The Morgan fingerprint density at radius 2 is 2.18 bits per heavy atom. The van der Waals surface area contributed by atoms with Gasteiger partial charge in [-0.1, -0.05) is 27.7 Å². The summed E-state index contributed by atoms with van der Waals surface area (Å²) < 4.78 is 3.88. The maximum absolute atomic E-state index is 6.12. The van der Waals surface area contributed by atoms with Gasteiger partial charge >= 0.3 is 0 Å². The summed E-state index contributed by atoms with van der Waals surface area (Å²) in [5.74, 6) is 0. The number of halogens is 2. The highest BCUT2D eigenvalue weighted by Crippen LogP contribution is 2.27. The van der Waals surface area contributed by atoms with E-state index < -0.39 is 0 Å². The maximum Gasteiger partial charge on any atom is 0.0772 e. The molecule has 90 valence electrons. The molecule has 0 amide bonds. The first-order chi connectivity index (χ1) is 8.08. The van der Waals surface area contributed by atoms with Gasteiger partial charge in [0.1, 0.15) is 0 Å². The molecule has 0 fully saturated rings. The Morgan fingerprint density at radius 3 is 2.82 bits per heavy atom. The highest BCUT2D eigenvalue weighted by Gasteiger charge is 2.15. The van der Waals surface area contributed by atoms with Crippen molar-refractivity contribution in [3.63, 3.8) is 0 Å². The van der Waals surface area contributed by atoms with Gasteiger partial charge < -0.3 is 5.73 Å². The summed E-state index contributed by atoms with van der Waals surface area (Å²) in [6, 6.07) is 5.24. The second kappa shape index (κ2) is 5.31. The standard InChI is InChI=1S/C11H11Cl2N3S/c1-6-11(17-16-15-6)10(14)5-7-4-8(12)2-3-9(7)13/h2-4,10H,5,14H2,1H3. The van der Waals surface area contributed by atoms with E-state index in [1.54, 1.807) is 12.1 Å². The van der Waals surface area contributed by atoms with E-state index in [1.807, 2.05) is 13.0 Å². The molecule has 1 aromatic carbocycles. The second-order valence-corrected chi connectivity index (χ2v) is 5.40. The summed E-state index contributed by atoms with van der Waals surface area (Å²) in [6.45, 7) is 1.90. The Kier molecular flexibility index (Phi) is 3.99. The molecule has 3 nitrogen and oxygen atoms in total. The smallest absolute Gasteiger partial charge is 0.0772 e. The van der Waals surface area contributed by atoms with Crippen LogP contribution in [0.4, 0.5) is 0 Å². The summed E-state index contributed by atoms with van der Waals surface area (Å²) in [6.07, 6.45) is 0.629. The lowest BCUT2D eigenvalue weighted by atomic mass is 10.0. The summed E-state index contributed by atoms with van der Waals surface area (Å²) in [5.41, 5.74) is 7.94. The van der Waals surface area contributed by atoms with Crippen LogP contribution in [-0.2, 0) is 6.42 Å². The number of aromatic nitrogens is 2. The van der Waals surface area contributed by atoms with Gasteiger partial charge in [-0.15, -0.1) is 5.10 Å². The van der Waals surface area contributed by atoms with E-state index in [0.717, 1.165) is 16.1 Å². The van der Waals surface area contributed by atoms with Crippen LogP contribution in [0.3, 0.4) is 0 Å². The molecule has 2 rings (SSSR count). The summed E-state index contributed by atoms with van der Waals surface area (Å²) >= 11 is 13.4. The SMILES string of the molecule is Cc1nnsc1C(N)Cc1cc(Cl)ccc1Cl. The van der Waals surface area contributed by atoms with Gasteiger partial charge in [0.2, 0.25) is 0 Å². The van der Waals surface area contributed by atoms with Gasteiger partial charge in [-0.25, -0.2) is 0 Å². The first-order valence-electron chi connectivity index (χ1n) is 5.06. The van der Waals surface area contributed by atoms with E-state index >= 15 is 0 Å². The average molecular weight is 288 g/mol. The van der Waals surface area contributed by atoms with Crippen LogP contribution in [0.15, 0.2) is 18.2 Å². The van der Waals surface area contributed by atoms with Crippen LogP contribution in [0.1, 0.15) is 22.2 Å². The normalized spacial score (nSPS) is 12.7. The molecule has 0 aliphatic rings. The Morgan fingerprint density at radius 1 is 1.41 bits per heavy atom. The first-order valence-corrected chi connectivity index (χ1v) is 6.59. The van der Waals surface area contributed by atoms with E-state index in [0.29, 0.717) is 16.5 Å². The van der Waals surface area contributed by atoms with Crippen LogP contribution >= 0.6 is 34.7 Å². The molecule has 0 saturated carbocycles. The van der Waals surface area contributed by atoms with E-state index in [-0.39, 0.29) is 6.04 Å². The minimum absolute atomic E-state index is 0.147. The highest BCUT2D eigenvalue weighted by atomic mass is 35.5. The van der Waals surface area contributed by atoms with Crippen LogP contribution in [0.5, 0.6) is 0 Å². The van der Waals surface area contributed by atoms with Gasteiger partial charge in [-0.05, 0) is 48.6 Å². The van der Waals surface area contributed by atoms with Crippen LogP contribution in [0.25, 0.3) is 0 Å². The zero-order valence-electron chi connectivity index (χ0n) is 9.15. The fourth-order valence-corrected chi connectivity index (χ4v) is 2.64. The van der Waals surface area contributed by atoms with Gasteiger partial charge in [0.15, 0.2) is 0 Å². The molecule has 1 unspecified atom stereocenters. The van der Waals surface area contributed by atoms with Gasteiger partial charge in [0.05, 0.1) is 10.6 Å². The molecule has 0 aliphatic heterocycles. The van der Waals surface area contributed by atoms with Crippen molar-refractivity contribution in [2.24, 2.45) is 5.73 Å². The van der Waals surface area contributed by atoms with Crippen LogP contribution < -0.4 is 5.73 Å². The molecule has 1 atom stereocenters. The van der Waals surface area contributed by atoms with E-state index in [1.165, 1.54) is 11.5 Å². The van der Waals surface area contributed by atoms with E-state index in [9.17, 15) is 0 Å². The summed E-state index contributed by atoms with van der Waals surface area (Å²) in [5, 5.41) is 5.29. The van der Waals surface area contributed by atoms with Crippen LogP contribution in [-0.4, -0.2) is 9.59 Å². The lowest BCUT2D eigenvalue weighted by molar-refractivity contribution is 0.728. The predicted molar refractivity (Wildman–Crippen MR) is 71.7 cm³/mol. The monoisotopic (exact) mass is 287 g/mol. The molecule has 0 saturated heterocycles. The molecular formula is C11H11Cl2N3S. The number of hydrogen-bond donors (Lipinski definition) is 1. The summed E-state index contributed by atoms with van der Waals surface area (Å²) in [7, 11) is 0. The zero-order valence-corrected chi connectivity index (χ0v) is 11.5. The highest BCUT2D eigenvalue weighted by molar-refractivity contribution is 7.05. The molecule has 6 heteroatoms. The Balaban J connectivity index is 2.21. The average Bonchev–Trinajstić information content (AvgIpc) is 2.70. The van der Waals surface area contributed by atoms with Crippen LogP contribution in [0, 0.1) is 6.92 Å². The number of hydrogen-bond acceptors (Lipinski definition) is 4. The molecule has 0 bridgehead atoms. The largest absolute Gasteiger partial charge is 0.323 e. The van der Waals surface area contributed by atoms with Crippen molar-refractivity contribution in [3.05, 3.63) is 44.4 Å². The quantitative estimate of drug-likeness (QED) is 0.941. The molecule has 2 aromatic rings. The second-order valence-electron chi connectivity index (χ2n) is 3.77. The van der Waals surface area contributed by atoms with Crippen molar-refractivity contribution in [3.8, 4) is 0 Å². The van der Waals surface area contributed by atoms with Crippen molar-refractivity contribution >= 4 is 34.7 Å². The van der Waals surface area contributed by atoms with Gasteiger partial charge in [0.25, 0.3) is 0 Å². The minimum Gasteiger partial charge on any atom is -0.323 e. The molecule has 0 spiro atoms. The Bertz CT molecular complexity index is 527. The number of nitrogens with two attached hydrogens (primary N) is 1. The van der Waals surface area contributed by atoms with Gasteiger partial charge in [-0.2, -0.15) is 0 Å². The van der Waals surface area contributed by atoms with Gasteiger partial charge in [0, 0.05) is 16.1 Å². The number of nitrogens with zero attached hydrogens (tertiary/aromatic N) is 2. The zero-order chi connectivity index (χ0) is 12.4. The number of rotatable bonds is 3. The fourth-order valence-electron chi connectivity index (χ4n) is 1.61. The van der Waals surface area contributed by atoms with Crippen molar-refractivity contribution < 1.29 is 0 Å². The lowest BCUT2D eigenvalue weighted by Gasteiger charge is -2.11. The summed E-state index contributed by atoms with van der Waals surface area (Å²) in [4.78, 5) is 0.987. The number of aryl methyl sites for hydroxylation is 1. The Hall–Kier alpha value is -0.680. The van der Waals surface area contributed by atoms with Crippen LogP contribution in [0.2, 0.25) is 10.0 Å². The third kappa shape index (κ3) is 2.96. The molecule has 2 N–H and O–H groups in total. The van der Waals surface area contributed by atoms with Crippen molar-refractivity contribution in [1.29, 1.82) is 0 Å². The van der Waals surface area contributed by atoms with Crippen molar-refractivity contribution in [2.45, 2.75) is 19.4 Å². The molecule has 17 heavy (non-hydrogen) atoms. The Labute approximate surface area is 114 Å². The van der Waals surface area contributed by atoms with E-state index in [2.05, 4.69) is 9.59 Å². The van der Waals surface area contributed by atoms with Crippen molar-refractivity contribution in [2.75, 3.05) is 0 Å². The van der Waals surface area contributed by atoms with Gasteiger partial charge in [-0.3, -0.25) is 0 Å². The lowest BCUT2D eigenvalue weighted by Crippen LogP contribution is -2.13. The molecule has 0 radical (unpaired) electrons.